The summed E-state index contributed by atoms with van der Waals surface area (Å²) in [5.74, 6) is -3.76. The van der Waals surface area contributed by atoms with Gasteiger partial charge in [-0.15, -0.1) is 0 Å². The number of nitrogens with two attached hydrogens (primary N) is 1. The minimum atomic E-state index is -4.57. The SMILES string of the molecule is Cc1nc(N[C@H](C)c2cc(N)cc(C(F)(F)F)c2)c2cc(C(=O)N(C)C)c(N3CC4C(C3)C4(F)F)nc2n1. The van der Waals surface area contributed by atoms with Gasteiger partial charge >= 0.3 is 6.18 Å². The Kier molecular flexibility index (Phi) is 5.88. The first-order valence-electron chi connectivity index (χ1n) is 11.9. The van der Waals surface area contributed by atoms with E-state index in [1.54, 1.807) is 38.9 Å². The van der Waals surface area contributed by atoms with Crippen molar-refractivity contribution in [1.82, 2.24) is 19.9 Å². The fourth-order valence-corrected chi connectivity index (χ4v) is 4.96. The van der Waals surface area contributed by atoms with Crippen molar-refractivity contribution in [2.24, 2.45) is 11.8 Å². The number of nitrogen functional groups attached to an aromatic ring is 1. The summed E-state index contributed by atoms with van der Waals surface area (Å²) in [7, 11) is 3.13. The van der Waals surface area contributed by atoms with Crippen LogP contribution in [0.5, 0.6) is 0 Å². The number of halogens is 5. The van der Waals surface area contributed by atoms with Gasteiger partial charge in [0.1, 0.15) is 17.5 Å². The molecule has 1 amide bonds. The van der Waals surface area contributed by atoms with Crippen LogP contribution in [-0.4, -0.2) is 58.9 Å². The molecule has 2 fully saturated rings. The molecule has 3 atom stereocenters. The fraction of sp³-hybridized carbons (Fsp3) is 0.440. The number of hydrogen-bond acceptors (Lipinski definition) is 7. The maximum Gasteiger partial charge on any atom is 0.416 e. The number of carbonyl (C=O) groups excluding carboxylic acids is 1. The van der Waals surface area contributed by atoms with Crippen LogP contribution in [0, 0.1) is 18.8 Å². The number of anilines is 3. The van der Waals surface area contributed by atoms with Gasteiger partial charge in [0.05, 0.1) is 34.4 Å². The molecule has 2 aliphatic rings. The first kappa shape index (κ1) is 25.9. The molecule has 2 unspecified atom stereocenters. The van der Waals surface area contributed by atoms with Crippen LogP contribution >= 0.6 is 0 Å². The quantitative estimate of drug-likeness (QED) is 0.366. The second-order valence-corrected chi connectivity index (χ2v) is 10.1. The summed E-state index contributed by atoms with van der Waals surface area (Å²) in [5, 5.41) is 3.47. The number of pyridine rings is 1. The third-order valence-electron chi connectivity index (χ3n) is 7.07. The molecule has 0 bridgehead atoms. The minimum Gasteiger partial charge on any atom is -0.399 e. The number of hydrogen-bond donors (Lipinski definition) is 2. The number of aromatic nitrogens is 3. The van der Waals surface area contributed by atoms with Gasteiger partial charge in [-0.2, -0.15) is 13.2 Å². The van der Waals surface area contributed by atoms with E-state index in [2.05, 4.69) is 20.3 Å². The Morgan fingerprint density at radius 2 is 1.79 bits per heavy atom. The van der Waals surface area contributed by atoms with Crippen molar-refractivity contribution in [3.8, 4) is 0 Å². The van der Waals surface area contributed by atoms with Gasteiger partial charge in [0.15, 0.2) is 5.65 Å². The zero-order valence-electron chi connectivity index (χ0n) is 21.1. The third-order valence-corrected chi connectivity index (χ3v) is 7.07. The summed E-state index contributed by atoms with van der Waals surface area (Å²) in [6.45, 7) is 3.44. The van der Waals surface area contributed by atoms with Gasteiger partial charge in [0, 0.05) is 32.9 Å². The fourth-order valence-electron chi connectivity index (χ4n) is 4.96. The third kappa shape index (κ3) is 4.43. The van der Waals surface area contributed by atoms with E-state index in [-0.39, 0.29) is 53.1 Å². The first-order valence-corrected chi connectivity index (χ1v) is 11.9. The molecule has 38 heavy (non-hydrogen) atoms. The van der Waals surface area contributed by atoms with E-state index >= 15 is 0 Å². The van der Waals surface area contributed by atoms with Crippen molar-refractivity contribution in [3.63, 3.8) is 0 Å². The van der Waals surface area contributed by atoms with Crippen molar-refractivity contribution in [2.45, 2.75) is 32.0 Å². The van der Waals surface area contributed by atoms with Crippen molar-refractivity contribution in [1.29, 1.82) is 0 Å². The monoisotopic (exact) mass is 535 g/mol. The lowest BCUT2D eigenvalue weighted by Crippen LogP contribution is -2.32. The molecule has 1 aromatic carbocycles. The molecule has 8 nitrogen and oxygen atoms in total. The number of rotatable bonds is 5. The van der Waals surface area contributed by atoms with Gasteiger partial charge in [0.2, 0.25) is 0 Å². The Balaban J connectivity index is 1.56. The molecular weight excluding hydrogens is 509 g/mol. The molecular formula is C25H26F5N7O. The van der Waals surface area contributed by atoms with E-state index in [9.17, 15) is 26.7 Å². The van der Waals surface area contributed by atoms with Crippen LogP contribution in [0.1, 0.15) is 40.3 Å². The lowest BCUT2D eigenvalue weighted by molar-refractivity contribution is -0.137. The minimum absolute atomic E-state index is 0.0355. The molecule has 202 valence electrons. The molecule has 0 radical (unpaired) electrons. The highest BCUT2D eigenvalue weighted by Crippen LogP contribution is 2.59. The molecule has 1 saturated carbocycles. The molecule has 3 N–H and O–H groups in total. The van der Waals surface area contributed by atoms with Gasteiger partial charge in [-0.25, -0.2) is 23.7 Å². The highest BCUT2D eigenvalue weighted by molar-refractivity contribution is 6.03. The van der Waals surface area contributed by atoms with Crippen LogP contribution in [-0.2, 0) is 6.18 Å². The standard InChI is InChI=1S/C25H26F5N7O/c1-11(13-5-14(25(28,29)30)7-15(31)6-13)32-20-16-8-17(23(38)36(3)4)22(35-21(16)34-12(2)33-20)37-9-18-19(10-37)24(18,26)27/h5-8,11,18-19H,9-10,31H2,1-4H3,(H,32,33,34,35)/t11-,18?,19?/m1/s1. The summed E-state index contributed by atoms with van der Waals surface area (Å²) in [6, 6.07) is 4.21. The largest absolute Gasteiger partial charge is 0.416 e. The molecule has 1 aliphatic heterocycles. The maximum absolute atomic E-state index is 13.8. The van der Waals surface area contributed by atoms with Crippen molar-refractivity contribution in [3.05, 3.63) is 46.8 Å². The van der Waals surface area contributed by atoms with Crippen LogP contribution in [0.2, 0.25) is 0 Å². The highest BCUT2D eigenvalue weighted by Gasteiger charge is 2.72. The van der Waals surface area contributed by atoms with E-state index in [4.69, 9.17) is 5.73 Å². The molecule has 0 spiro atoms. The van der Waals surface area contributed by atoms with Gasteiger partial charge < -0.3 is 20.9 Å². The van der Waals surface area contributed by atoms with Crippen LogP contribution in [0.15, 0.2) is 24.3 Å². The van der Waals surface area contributed by atoms with Crippen molar-refractivity contribution in [2.75, 3.05) is 43.1 Å². The number of aryl methyl sites for hydroxylation is 1. The lowest BCUT2D eigenvalue weighted by Gasteiger charge is -2.25. The summed E-state index contributed by atoms with van der Waals surface area (Å²) < 4.78 is 67.7. The first-order chi connectivity index (χ1) is 17.7. The Hall–Kier alpha value is -3.77. The predicted molar refractivity (Wildman–Crippen MR) is 132 cm³/mol. The number of carbonyl (C=O) groups is 1. The summed E-state index contributed by atoms with van der Waals surface area (Å²) in [6.07, 6.45) is -4.57. The Morgan fingerprint density at radius 1 is 1.13 bits per heavy atom. The van der Waals surface area contributed by atoms with Crippen LogP contribution in [0.4, 0.5) is 39.3 Å². The molecule has 2 aromatic heterocycles. The predicted octanol–water partition coefficient (Wildman–Crippen LogP) is 4.51. The van der Waals surface area contributed by atoms with Gasteiger partial charge in [0.25, 0.3) is 11.8 Å². The van der Waals surface area contributed by atoms with E-state index in [0.717, 1.165) is 12.1 Å². The smallest absolute Gasteiger partial charge is 0.399 e. The maximum atomic E-state index is 13.8. The van der Waals surface area contributed by atoms with Gasteiger partial charge in [-0.05, 0) is 43.7 Å². The summed E-state index contributed by atoms with van der Waals surface area (Å²) >= 11 is 0. The van der Waals surface area contributed by atoms with E-state index in [0.29, 0.717) is 11.2 Å². The number of nitrogens with one attached hydrogen (secondary N) is 1. The number of benzene rings is 1. The number of fused-ring (bicyclic) bond motifs is 2. The number of amides is 1. The highest BCUT2D eigenvalue weighted by atomic mass is 19.4. The molecule has 3 aromatic rings. The van der Waals surface area contributed by atoms with Crippen molar-refractivity contribution < 1.29 is 26.7 Å². The molecule has 5 rings (SSSR count). The second kappa shape index (κ2) is 8.63. The zero-order chi connectivity index (χ0) is 27.7. The topological polar surface area (TPSA) is 100 Å². The van der Waals surface area contributed by atoms with E-state index in [1.807, 2.05) is 0 Å². The summed E-state index contributed by atoms with van der Waals surface area (Å²) in [4.78, 5) is 29.5. The lowest BCUT2D eigenvalue weighted by atomic mass is 10.0. The van der Waals surface area contributed by atoms with Crippen molar-refractivity contribution >= 4 is 34.3 Å². The second-order valence-electron chi connectivity index (χ2n) is 10.1. The number of piperidine rings is 1. The zero-order valence-corrected chi connectivity index (χ0v) is 21.1. The van der Waals surface area contributed by atoms with Gasteiger partial charge in [-0.1, -0.05) is 0 Å². The van der Waals surface area contributed by atoms with E-state index in [1.165, 1.54) is 11.0 Å². The van der Waals surface area contributed by atoms with Crippen LogP contribution in [0.3, 0.4) is 0 Å². The number of nitrogens with zero attached hydrogens (tertiary/aromatic N) is 5. The Morgan fingerprint density at radius 3 is 2.39 bits per heavy atom. The van der Waals surface area contributed by atoms with Gasteiger partial charge in [-0.3, -0.25) is 4.79 Å². The molecule has 3 heterocycles. The summed E-state index contributed by atoms with van der Waals surface area (Å²) in [5.41, 5.74) is 5.53. The van der Waals surface area contributed by atoms with Crippen LogP contribution < -0.4 is 16.0 Å². The average molecular weight is 536 g/mol. The molecule has 13 heteroatoms. The number of alkyl halides is 5. The molecule has 1 saturated heterocycles. The van der Waals surface area contributed by atoms with E-state index < -0.39 is 35.5 Å². The Bertz CT molecular complexity index is 1430. The average Bonchev–Trinajstić information content (AvgIpc) is 3.15. The molecule has 1 aliphatic carbocycles. The van der Waals surface area contributed by atoms with Crippen LogP contribution in [0.25, 0.3) is 11.0 Å². The normalized spacial score (nSPS) is 20.8. The Labute approximate surface area is 215 Å².